The summed E-state index contributed by atoms with van der Waals surface area (Å²) in [6, 6.07) is 54.8. The molecule has 9 aromatic rings. The van der Waals surface area contributed by atoms with Crippen molar-refractivity contribution in [1.29, 1.82) is 10.5 Å². The molecular weight excluding hydrogens is 905 g/mol. The third kappa shape index (κ3) is 9.28. The summed E-state index contributed by atoms with van der Waals surface area (Å²) in [6.07, 6.45) is 8.10. The van der Waals surface area contributed by atoms with Gasteiger partial charge in [0.1, 0.15) is 11.6 Å². The molecule has 0 aliphatic carbocycles. The van der Waals surface area contributed by atoms with E-state index in [-0.39, 0.29) is 5.57 Å². The molecule has 0 aliphatic heterocycles. The molecular formula is C52H30N4O2S6. The molecule has 0 radical (unpaired) electrons. The first kappa shape index (κ1) is 42.1. The van der Waals surface area contributed by atoms with E-state index in [2.05, 4.69) is 143 Å². The van der Waals surface area contributed by atoms with Crippen LogP contribution in [0, 0.1) is 29.2 Å². The van der Waals surface area contributed by atoms with E-state index in [0.717, 1.165) is 58.1 Å². The second kappa shape index (κ2) is 19.1. The van der Waals surface area contributed by atoms with E-state index in [1.807, 2.05) is 30.4 Å². The quantitative estimate of drug-likeness (QED) is 0.0706. The summed E-state index contributed by atoms with van der Waals surface area (Å²) in [5, 5.41) is 27.4. The number of rotatable bonds is 13. The molecule has 0 atom stereocenters. The molecule has 3 aromatic carbocycles. The lowest BCUT2D eigenvalue weighted by molar-refractivity contribution is -0.132. The summed E-state index contributed by atoms with van der Waals surface area (Å²) in [5.74, 6) is -1.24. The van der Waals surface area contributed by atoms with Gasteiger partial charge in [-0.25, -0.2) is 9.64 Å². The van der Waals surface area contributed by atoms with Crippen molar-refractivity contribution in [3.05, 3.63) is 189 Å². The first-order chi connectivity index (χ1) is 31.3. The molecule has 1 N–H and O–H groups in total. The molecule has 0 unspecified atom stereocenters. The van der Waals surface area contributed by atoms with Crippen molar-refractivity contribution in [2.75, 3.05) is 4.90 Å². The largest absolute Gasteiger partial charge is 0.477 e. The molecule has 6 heterocycles. The lowest BCUT2D eigenvalue weighted by Gasteiger charge is -2.26. The van der Waals surface area contributed by atoms with Gasteiger partial charge in [0, 0.05) is 81.7 Å². The predicted octanol–water partition coefficient (Wildman–Crippen LogP) is 16.9. The molecule has 64 heavy (non-hydrogen) atoms. The number of hydrogen-bond acceptors (Lipinski definition) is 10. The van der Waals surface area contributed by atoms with Crippen molar-refractivity contribution in [3.8, 4) is 72.7 Å². The van der Waals surface area contributed by atoms with E-state index in [4.69, 9.17) is 11.8 Å². The summed E-state index contributed by atoms with van der Waals surface area (Å²) in [5.41, 5.74) is 6.13. The number of nitrogens with zero attached hydrogens (tertiary/aromatic N) is 4. The highest BCUT2D eigenvalue weighted by Crippen LogP contribution is 2.44. The Balaban J connectivity index is 0.998. The van der Waals surface area contributed by atoms with E-state index in [9.17, 15) is 15.2 Å². The summed E-state index contributed by atoms with van der Waals surface area (Å²) in [7, 11) is 0. The van der Waals surface area contributed by atoms with Gasteiger partial charge in [-0.2, -0.15) is 10.5 Å². The van der Waals surface area contributed by atoms with Crippen molar-refractivity contribution >= 4 is 109 Å². The first-order valence-corrected chi connectivity index (χ1v) is 24.4. The number of carbonyl (C=O) groups is 1. The lowest BCUT2D eigenvalue weighted by Crippen LogP contribution is -2.09. The maximum absolute atomic E-state index is 11.4. The van der Waals surface area contributed by atoms with Crippen LogP contribution in [0.3, 0.4) is 0 Å². The first-order valence-electron chi connectivity index (χ1n) is 19.5. The highest BCUT2D eigenvalue weighted by atomic mass is 32.1. The Morgan fingerprint density at radius 3 is 1.25 bits per heavy atom. The average Bonchev–Trinajstić information content (AvgIpc) is 4.19. The minimum absolute atomic E-state index is 0.290. The topological polar surface area (TPSA) is 92.5 Å². The molecule has 6 nitrogen and oxygen atoms in total. The van der Waals surface area contributed by atoms with Crippen LogP contribution >= 0.6 is 68.0 Å². The van der Waals surface area contributed by atoms with E-state index in [0.29, 0.717) is 4.88 Å². The fourth-order valence-corrected chi connectivity index (χ4v) is 12.9. The van der Waals surface area contributed by atoms with Gasteiger partial charge in [0.15, 0.2) is 6.20 Å². The summed E-state index contributed by atoms with van der Waals surface area (Å²) in [6.45, 7) is 7.05. The van der Waals surface area contributed by atoms with E-state index in [1.165, 1.54) is 59.0 Å². The third-order valence-corrected chi connectivity index (χ3v) is 17.1. The predicted molar refractivity (Wildman–Crippen MR) is 273 cm³/mol. The van der Waals surface area contributed by atoms with Crippen LogP contribution in [0.15, 0.2) is 163 Å². The van der Waals surface area contributed by atoms with Crippen molar-refractivity contribution in [1.82, 2.24) is 0 Å². The number of carboxylic acid groups (broad SMARTS) is 1. The number of allylic oxidation sites excluding steroid dienone is 1. The van der Waals surface area contributed by atoms with Crippen LogP contribution in [0.25, 0.3) is 83.7 Å². The van der Waals surface area contributed by atoms with Gasteiger partial charge in [-0.3, -0.25) is 0 Å². The van der Waals surface area contributed by atoms with Gasteiger partial charge >= 0.3 is 5.97 Å². The molecule has 12 heteroatoms. The highest BCUT2D eigenvalue weighted by molar-refractivity contribution is 7.25. The van der Waals surface area contributed by atoms with E-state index < -0.39 is 5.97 Å². The Morgan fingerprint density at radius 1 is 0.500 bits per heavy atom. The van der Waals surface area contributed by atoms with Crippen LogP contribution in [0.2, 0.25) is 0 Å². The lowest BCUT2D eigenvalue weighted by atomic mass is 10.1. The number of benzene rings is 3. The van der Waals surface area contributed by atoms with E-state index >= 15 is 0 Å². The Bertz CT molecular complexity index is 3200. The van der Waals surface area contributed by atoms with Gasteiger partial charge in [-0.1, -0.05) is 36.4 Å². The van der Waals surface area contributed by atoms with Crippen LogP contribution in [-0.4, -0.2) is 11.1 Å². The number of aliphatic carboxylic acids is 1. The minimum Gasteiger partial charge on any atom is -0.477 e. The van der Waals surface area contributed by atoms with Gasteiger partial charge in [0.25, 0.3) is 0 Å². The van der Waals surface area contributed by atoms with Crippen LogP contribution in [0.1, 0.15) is 14.6 Å². The highest BCUT2D eigenvalue weighted by Gasteiger charge is 2.17. The molecule has 0 bridgehead atoms. The van der Waals surface area contributed by atoms with Gasteiger partial charge in [0.2, 0.25) is 0 Å². The molecule has 0 saturated carbocycles. The van der Waals surface area contributed by atoms with Gasteiger partial charge in [-0.05, 0) is 144 Å². The number of thiophene rings is 6. The SMILES string of the molecule is [C-]#[N+]/C=C/c1ccc(-c2ccc(-c3ccc(N(c4ccc(-c5ccc(-c6ccc(/C=C\C#N)s6)s5)cc4)c4ccc(-c5ccc(-c6ccc(/C=C(\C#N)C(=O)O)s6)s5)cc4)cc3)s2)s1. The van der Waals surface area contributed by atoms with Crippen LogP contribution in [-0.2, 0) is 4.79 Å². The van der Waals surface area contributed by atoms with Crippen LogP contribution in [0.4, 0.5) is 17.1 Å². The third-order valence-electron chi connectivity index (χ3n) is 9.93. The molecule has 0 spiro atoms. The summed E-state index contributed by atoms with van der Waals surface area (Å²) >= 11 is 9.99. The number of carboxylic acids is 1. The normalized spacial score (nSPS) is 11.5. The van der Waals surface area contributed by atoms with Gasteiger partial charge < -0.3 is 10.0 Å². The zero-order valence-corrected chi connectivity index (χ0v) is 38.2. The zero-order chi connectivity index (χ0) is 44.0. The Labute approximate surface area is 393 Å². The fraction of sp³-hybridized carbons (Fsp3) is 0. The number of nitriles is 2. The molecule has 306 valence electrons. The number of hydrogen-bond donors (Lipinski definition) is 1. The monoisotopic (exact) mass is 934 g/mol. The standard InChI is InChI=1S/C52H30N4O2S6/c1-55-30-28-41-17-20-47(60-41)50-26-23-44(63-50)34-6-12-38(13-7-34)56(37-10-4-33(5-11-37)43-22-25-49(62-43)46-19-16-40(59-46)3-2-29-53)39-14-8-35(9-15-39)45-24-27-51(64-45)48-21-18-42(61-48)31-36(32-54)52(57)58/h2-28,30-31H,(H,57,58)/b3-2-,30-28+,36-31+. The average molecular weight is 935 g/mol. The van der Waals surface area contributed by atoms with Gasteiger partial charge in [-0.15, -0.1) is 68.0 Å². The van der Waals surface area contributed by atoms with Crippen molar-refractivity contribution in [3.63, 3.8) is 0 Å². The maximum Gasteiger partial charge on any atom is 0.346 e. The zero-order valence-electron chi connectivity index (χ0n) is 33.3. The molecule has 0 fully saturated rings. The number of anilines is 3. The second-order valence-electron chi connectivity index (χ2n) is 14.0. The maximum atomic E-state index is 11.4. The molecule has 0 aliphatic rings. The minimum atomic E-state index is -1.24. The molecule has 6 aromatic heterocycles. The molecule has 0 amide bonds. The molecule has 0 saturated heterocycles. The molecule has 9 rings (SSSR count). The fourth-order valence-electron chi connectivity index (χ4n) is 6.87. The van der Waals surface area contributed by atoms with Crippen molar-refractivity contribution in [2.24, 2.45) is 0 Å². The Hall–Kier alpha value is -7.18. The smallest absolute Gasteiger partial charge is 0.346 e. The summed E-state index contributed by atoms with van der Waals surface area (Å²) < 4.78 is 0. The second-order valence-corrected chi connectivity index (χ2v) is 20.6. The van der Waals surface area contributed by atoms with Crippen LogP contribution < -0.4 is 4.90 Å². The summed E-state index contributed by atoms with van der Waals surface area (Å²) in [4.78, 5) is 30.1. The Kier molecular flexibility index (Phi) is 12.5. The van der Waals surface area contributed by atoms with Gasteiger partial charge in [0.05, 0.1) is 12.6 Å². The van der Waals surface area contributed by atoms with E-state index in [1.54, 1.807) is 62.8 Å². The van der Waals surface area contributed by atoms with Crippen LogP contribution in [0.5, 0.6) is 0 Å². The van der Waals surface area contributed by atoms with Crippen molar-refractivity contribution in [2.45, 2.75) is 0 Å². The van der Waals surface area contributed by atoms with Crippen molar-refractivity contribution < 1.29 is 9.90 Å². The Morgan fingerprint density at radius 2 is 0.859 bits per heavy atom.